The fraction of sp³-hybridized carbons (Fsp3) is 0.364. The van der Waals surface area contributed by atoms with Crippen molar-refractivity contribution < 1.29 is 14.3 Å². The Morgan fingerprint density at radius 2 is 1.89 bits per heavy atom. The molecule has 0 spiro atoms. The molecule has 0 radical (unpaired) electrons. The lowest BCUT2D eigenvalue weighted by Crippen LogP contribution is -2.34. The van der Waals surface area contributed by atoms with Crippen LogP contribution in [0.1, 0.15) is 42.9 Å². The van der Waals surface area contributed by atoms with E-state index in [9.17, 15) is 9.59 Å². The summed E-state index contributed by atoms with van der Waals surface area (Å²) >= 11 is 0. The SMILES string of the molecule is O=C(COc1ccc(N2CCCC2=O)cc1)N[C@H]1CCCc2ccccc21. The van der Waals surface area contributed by atoms with E-state index in [1.807, 2.05) is 36.4 Å². The van der Waals surface area contributed by atoms with Gasteiger partial charge in [0.1, 0.15) is 5.75 Å². The molecule has 1 heterocycles. The molecule has 27 heavy (non-hydrogen) atoms. The van der Waals surface area contributed by atoms with Gasteiger partial charge in [-0.05, 0) is 61.1 Å². The molecular weight excluding hydrogens is 340 g/mol. The van der Waals surface area contributed by atoms with Gasteiger partial charge in [0, 0.05) is 18.7 Å². The second-order valence-corrected chi connectivity index (χ2v) is 7.14. The number of hydrogen-bond acceptors (Lipinski definition) is 3. The van der Waals surface area contributed by atoms with Gasteiger partial charge in [0.15, 0.2) is 6.61 Å². The maximum atomic E-state index is 12.3. The van der Waals surface area contributed by atoms with Gasteiger partial charge >= 0.3 is 0 Å². The fourth-order valence-electron chi connectivity index (χ4n) is 3.93. The largest absolute Gasteiger partial charge is 0.484 e. The van der Waals surface area contributed by atoms with Gasteiger partial charge in [-0.1, -0.05) is 24.3 Å². The topological polar surface area (TPSA) is 58.6 Å². The van der Waals surface area contributed by atoms with Crippen LogP contribution in [0.25, 0.3) is 0 Å². The van der Waals surface area contributed by atoms with E-state index < -0.39 is 0 Å². The molecule has 4 rings (SSSR count). The van der Waals surface area contributed by atoms with Crippen LogP contribution in [0.5, 0.6) is 5.75 Å². The minimum absolute atomic E-state index is 0.0132. The van der Waals surface area contributed by atoms with Crippen molar-refractivity contribution in [3.8, 4) is 5.75 Å². The summed E-state index contributed by atoms with van der Waals surface area (Å²) in [6.07, 6.45) is 4.63. The van der Waals surface area contributed by atoms with Crippen LogP contribution in [0.15, 0.2) is 48.5 Å². The van der Waals surface area contributed by atoms with Crippen LogP contribution in [0.3, 0.4) is 0 Å². The van der Waals surface area contributed by atoms with E-state index in [-0.39, 0.29) is 24.5 Å². The number of nitrogens with zero attached hydrogens (tertiary/aromatic N) is 1. The zero-order valence-electron chi connectivity index (χ0n) is 15.3. The Morgan fingerprint density at radius 3 is 2.67 bits per heavy atom. The fourth-order valence-corrected chi connectivity index (χ4v) is 3.93. The zero-order chi connectivity index (χ0) is 18.6. The molecular formula is C22H24N2O3. The highest BCUT2D eigenvalue weighted by Gasteiger charge is 2.22. The summed E-state index contributed by atoms with van der Waals surface area (Å²) in [4.78, 5) is 25.9. The number of ether oxygens (including phenoxy) is 1. The lowest BCUT2D eigenvalue weighted by atomic mass is 9.88. The number of aryl methyl sites for hydroxylation is 1. The summed E-state index contributed by atoms with van der Waals surface area (Å²) in [6.45, 7) is 0.755. The molecule has 140 valence electrons. The molecule has 2 aliphatic rings. The second kappa shape index (κ2) is 7.82. The van der Waals surface area contributed by atoms with Crippen LogP contribution in [-0.4, -0.2) is 25.0 Å². The van der Waals surface area contributed by atoms with Crippen LogP contribution < -0.4 is 15.0 Å². The summed E-state index contributed by atoms with van der Waals surface area (Å²) in [5.74, 6) is 0.677. The summed E-state index contributed by atoms with van der Waals surface area (Å²) in [6, 6.07) is 15.7. The second-order valence-electron chi connectivity index (χ2n) is 7.14. The number of carbonyl (C=O) groups excluding carboxylic acids is 2. The van der Waals surface area contributed by atoms with Crippen molar-refractivity contribution in [3.63, 3.8) is 0 Å². The number of benzene rings is 2. The summed E-state index contributed by atoms with van der Waals surface area (Å²) in [5.41, 5.74) is 3.42. The van der Waals surface area contributed by atoms with Crippen LogP contribution in [0.2, 0.25) is 0 Å². The van der Waals surface area contributed by atoms with Crippen molar-refractivity contribution in [2.75, 3.05) is 18.1 Å². The first-order valence-electron chi connectivity index (χ1n) is 9.61. The van der Waals surface area contributed by atoms with Crippen molar-refractivity contribution in [1.29, 1.82) is 0 Å². The highest BCUT2D eigenvalue weighted by atomic mass is 16.5. The molecule has 5 nitrogen and oxygen atoms in total. The van der Waals surface area contributed by atoms with Crippen molar-refractivity contribution >= 4 is 17.5 Å². The Balaban J connectivity index is 1.31. The van der Waals surface area contributed by atoms with Crippen molar-refractivity contribution in [3.05, 3.63) is 59.7 Å². The van der Waals surface area contributed by atoms with E-state index >= 15 is 0 Å². The van der Waals surface area contributed by atoms with Gasteiger partial charge in [0.05, 0.1) is 6.04 Å². The first kappa shape index (κ1) is 17.6. The van der Waals surface area contributed by atoms with E-state index in [0.717, 1.165) is 37.9 Å². The normalized spacial score (nSPS) is 18.9. The van der Waals surface area contributed by atoms with Gasteiger partial charge in [-0.2, -0.15) is 0 Å². The molecule has 0 unspecified atom stereocenters. The van der Waals surface area contributed by atoms with Gasteiger partial charge in [-0.3, -0.25) is 9.59 Å². The Kier molecular flexibility index (Phi) is 5.10. The number of fused-ring (bicyclic) bond motifs is 1. The van der Waals surface area contributed by atoms with Crippen molar-refractivity contribution in [2.45, 2.75) is 38.1 Å². The number of nitrogens with one attached hydrogen (secondary N) is 1. The van der Waals surface area contributed by atoms with Crippen LogP contribution in [-0.2, 0) is 16.0 Å². The molecule has 1 aliphatic carbocycles. The Morgan fingerprint density at radius 1 is 1.07 bits per heavy atom. The summed E-state index contributed by atoms with van der Waals surface area (Å²) in [5, 5.41) is 3.09. The Hall–Kier alpha value is -2.82. The minimum Gasteiger partial charge on any atom is -0.484 e. The van der Waals surface area contributed by atoms with Gasteiger partial charge in [0.25, 0.3) is 5.91 Å². The lowest BCUT2D eigenvalue weighted by molar-refractivity contribution is -0.124. The average Bonchev–Trinajstić information content (AvgIpc) is 3.13. The maximum absolute atomic E-state index is 12.3. The van der Waals surface area contributed by atoms with Crippen molar-refractivity contribution in [2.24, 2.45) is 0 Å². The average molecular weight is 364 g/mol. The lowest BCUT2D eigenvalue weighted by Gasteiger charge is -2.26. The maximum Gasteiger partial charge on any atom is 0.258 e. The zero-order valence-corrected chi connectivity index (χ0v) is 15.3. The van der Waals surface area contributed by atoms with Crippen molar-refractivity contribution in [1.82, 2.24) is 5.32 Å². The van der Waals surface area contributed by atoms with Gasteiger partial charge in [-0.25, -0.2) is 0 Å². The third-order valence-electron chi connectivity index (χ3n) is 5.30. The molecule has 1 aliphatic heterocycles. The number of amides is 2. The number of hydrogen-bond donors (Lipinski definition) is 1. The van der Waals surface area contributed by atoms with Crippen LogP contribution in [0, 0.1) is 0 Å². The smallest absolute Gasteiger partial charge is 0.258 e. The van der Waals surface area contributed by atoms with Crippen LogP contribution in [0.4, 0.5) is 5.69 Å². The predicted octanol–water partition coefficient (Wildman–Crippen LogP) is 3.39. The van der Waals surface area contributed by atoms with Gasteiger partial charge < -0.3 is 15.0 Å². The third-order valence-corrected chi connectivity index (χ3v) is 5.30. The van der Waals surface area contributed by atoms with E-state index in [1.165, 1.54) is 11.1 Å². The molecule has 2 aromatic carbocycles. The quantitative estimate of drug-likeness (QED) is 0.885. The number of anilines is 1. The monoisotopic (exact) mass is 364 g/mol. The summed E-state index contributed by atoms with van der Waals surface area (Å²) in [7, 11) is 0. The van der Waals surface area contributed by atoms with E-state index in [2.05, 4.69) is 17.4 Å². The van der Waals surface area contributed by atoms with E-state index in [4.69, 9.17) is 4.74 Å². The summed E-state index contributed by atoms with van der Waals surface area (Å²) < 4.78 is 5.63. The molecule has 2 aromatic rings. The van der Waals surface area contributed by atoms with Gasteiger partial charge in [0.2, 0.25) is 5.91 Å². The van der Waals surface area contributed by atoms with Gasteiger partial charge in [-0.15, -0.1) is 0 Å². The molecule has 2 amide bonds. The van der Waals surface area contributed by atoms with Crippen LogP contribution >= 0.6 is 0 Å². The molecule has 0 saturated carbocycles. The highest BCUT2D eigenvalue weighted by Crippen LogP contribution is 2.29. The molecule has 0 bridgehead atoms. The van der Waals surface area contributed by atoms with E-state index in [1.54, 1.807) is 4.90 Å². The first-order chi connectivity index (χ1) is 13.2. The number of rotatable bonds is 5. The van der Waals surface area contributed by atoms with E-state index in [0.29, 0.717) is 12.2 Å². The molecule has 1 atom stereocenters. The molecule has 1 N–H and O–H groups in total. The molecule has 5 heteroatoms. The highest BCUT2D eigenvalue weighted by molar-refractivity contribution is 5.95. The third kappa shape index (κ3) is 3.97. The Bertz CT molecular complexity index is 832. The molecule has 1 saturated heterocycles. The first-order valence-corrected chi connectivity index (χ1v) is 9.61. The molecule has 0 aromatic heterocycles. The predicted molar refractivity (Wildman–Crippen MR) is 104 cm³/mol. The standard InChI is InChI=1S/C22H24N2O3/c25-21(23-20-8-3-6-16-5-1-2-7-19(16)20)15-27-18-12-10-17(11-13-18)24-14-4-9-22(24)26/h1-2,5,7,10-13,20H,3-4,6,8-9,14-15H2,(H,23,25)/t20-/m0/s1. The number of carbonyl (C=O) groups is 2. The minimum atomic E-state index is -0.115. The molecule has 1 fully saturated rings. The Labute approximate surface area is 159 Å².